The molecule has 0 bridgehead atoms. The van der Waals surface area contributed by atoms with Crippen LogP contribution in [-0.4, -0.2) is 11.0 Å². The molecular formula is C10H11NO2. The van der Waals surface area contributed by atoms with Crippen LogP contribution in [0.1, 0.15) is 19.4 Å². The zero-order valence-corrected chi connectivity index (χ0v) is 7.59. The molecule has 0 aliphatic carbocycles. The fourth-order valence-electron chi connectivity index (χ4n) is 1.58. The summed E-state index contributed by atoms with van der Waals surface area (Å²) in [5, 5.41) is 12.1. The molecule has 0 spiro atoms. The van der Waals surface area contributed by atoms with Gasteiger partial charge in [0, 0.05) is 0 Å². The number of amides is 1. The molecule has 1 aromatic rings. The van der Waals surface area contributed by atoms with Crippen molar-refractivity contribution in [3.8, 4) is 5.75 Å². The van der Waals surface area contributed by atoms with Crippen molar-refractivity contribution in [3.63, 3.8) is 0 Å². The maximum atomic E-state index is 11.5. The summed E-state index contributed by atoms with van der Waals surface area (Å²) >= 11 is 0. The Morgan fingerprint density at radius 3 is 2.69 bits per heavy atom. The molecule has 2 rings (SSSR count). The molecule has 3 heteroatoms. The van der Waals surface area contributed by atoms with Crippen molar-refractivity contribution in [1.82, 2.24) is 0 Å². The van der Waals surface area contributed by atoms with Crippen LogP contribution in [0.25, 0.3) is 0 Å². The van der Waals surface area contributed by atoms with Crippen molar-refractivity contribution in [2.24, 2.45) is 0 Å². The molecule has 0 radical (unpaired) electrons. The van der Waals surface area contributed by atoms with Gasteiger partial charge in [-0.1, -0.05) is 12.1 Å². The smallest absolute Gasteiger partial charge is 0.234 e. The predicted molar refractivity (Wildman–Crippen MR) is 49.8 cm³/mol. The third-order valence-electron chi connectivity index (χ3n) is 2.52. The third-order valence-corrected chi connectivity index (χ3v) is 2.52. The lowest BCUT2D eigenvalue weighted by Gasteiger charge is -2.14. The first-order chi connectivity index (χ1) is 6.03. The minimum Gasteiger partial charge on any atom is -0.506 e. The number of hydrogen-bond acceptors (Lipinski definition) is 2. The van der Waals surface area contributed by atoms with E-state index in [0.717, 1.165) is 5.56 Å². The highest BCUT2D eigenvalue weighted by molar-refractivity contribution is 6.06. The second-order valence-corrected chi connectivity index (χ2v) is 3.78. The molecule has 1 aliphatic heterocycles. The van der Waals surface area contributed by atoms with E-state index in [4.69, 9.17) is 0 Å². The van der Waals surface area contributed by atoms with Gasteiger partial charge in [-0.3, -0.25) is 4.79 Å². The van der Waals surface area contributed by atoms with Gasteiger partial charge in [-0.05, 0) is 25.5 Å². The lowest BCUT2D eigenvalue weighted by atomic mass is 9.86. The summed E-state index contributed by atoms with van der Waals surface area (Å²) in [7, 11) is 0. The lowest BCUT2D eigenvalue weighted by Crippen LogP contribution is -2.26. The number of para-hydroxylation sites is 1. The van der Waals surface area contributed by atoms with Gasteiger partial charge >= 0.3 is 0 Å². The Labute approximate surface area is 76.4 Å². The van der Waals surface area contributed by atoms with Gasteiger partial charge in [0.15, 0.2) is 0 Å². The Bertz CT molecular complexity index is 383. The Morgan fingerprint density at radius 2 is 2.08 bits per heavy atom. The SMILES string of the molecule is CC1(C)C(=O)Nc2c(O)cccc21. The number of anilines is 1. The number of nitrogens with one attached hydrogen (secondary N) is 1. The number of carbonyl (C=O) groups excluding carboxylic acids is 1. The molecule has 2 N–H and O–H groups in total. The summed E-state index contributed by atoms with van der Waals surface area (Å²) in [6, 6.07) is 5.17. The van der Waals surface area contributed by atoms with E-state index in [-0.39, 0.29) is 11.7 Å². The minimum absolute atomic E-state index is 0.0657. The van der Waals surface area contributed by atoms with Gasteiger partial charge in [0.2, 0.25) is 5.91 Å². The van der Waals surface area contributed by atoms with E-state index in [1.807, 2.05) is 19.9 Å². The van der Waals surface area contributed by atoms with E-state index < -0.39 is 5.41 Å². The van der Waals surface area contributed by atoms with Crippen LogP contribution in [-0.2, 0) is 10.2 Å². The first-order valence-corrected chi connectivity index (χ1v) is 4.17. The molecule has 68 valence electrons. The van der Waals surface area contributed by atoms with Crippen LogP contribution in [0, 0.1) is 0 Å². The summed E-state index contributed by atoms with van der Waals surface area (Å²) < 4.78 is 0. The van der Waals surface area contributed by atoms with E-state index >= 15 is 0 Å². The lowest BCUT2D eigenvalue weighted by molar-refractivity contribution is -0.119. The van der Waals surface area contributed by atoms with Crippen molar-refractivity contribution >= 4 is 11.6 Å². The Balaban J connectivity index is 2.68. The molecule has 1 heterocycles. The topological polar surface area (TPSA) is 49.3 Å². The molecule has 0 unspecified atom stereocenters. The predicted octanol–water partition coefficient (Wildman–Crippen LogP) is 1.62. The fraction of sp³-hybridized carbons (Fsp3) is 0.300. The number of phenols is 1. The van der Waals surface area contributed by atoms with Gasteiger partial charge in [-0.15, -0.1) is 0 Å². The second-order valence-electron chi connectivity index (χ2n) is 3.78. The van der Waals surface area contributed by atoms with Crippen LogP contribution < -0.4 is 5.32 Å². The summed E-state index contributed by atoms with van der Waals surface area (Å²) in [5.74, 6) is 0.0698. The number of phenolic OH excluding ortho intramolecular Hbond substituents is 1. The Hall–Kier alpha value is -1.51. The van der Waals surface area contributed by atoms with Crippen LogP contribution >= 0.6 is 0 Å². The van der Waals surface area contributed by atoms with Gasteiger partial charge in [0.05, 0.1) is 11.1 Å². The van der Waals surface area contributed by atoms with Gasteiger partial charge < -0.3 is 10.4 Å². The van der Waals surface area contributed by atoms with E-state index in [1.165, 1.54) is 0 Å². The minimum atomic E-state index is -0.534. The molecule has 0 saturated heterocycles. The van der Waals surface area contributed by atoms with E-state index in [0.29, 0.717) is 5.69 Å². The number of benzene rings is 1. The summed E-state index contributed by atoms with van der Waals surface area (Å²) in [4.78, 5) is 11.5. The molecule has 3 nitrogen and oxygen atoms in total. The highest BCUT2D eigenvalue weighted by Gasteiger charge is 2.39. The highest BCUT2D eigenvalue weighted by Crippen LogP contribution is 2.41. The largest absolute Gasteiger partial charge is 0.506 e. The molecule has 0 saturated carbocycles. The van der Waals surface area contributed by atoms with Gasteiger partial charge in [-0.25, -0.2) is 0 Å². The molecule has 0 atom stereocenters. The van der Waals surface area contributed by atoms with Crippen LogP contribution in [0.2, 0.25) is 0 Å². The van der Waals surface area contributed by atoms with Crippen LogP contribution in [0.3, 0.4) is 0 Å². The average Bonchev–Trinajstić information content (AvgIpc) is 2.28. The summed E-state index contributed by atoms with van der Waals surface area (Å²) in [6.07, 6.45) is 0. The van der Waals surface area contributed by atoms with Crippen molar-refractivity contribution in [3.05, 3.63) is 23.8 Å². The maximum absolute atomic E-state index is 11.5. The first-order valence-electron chi connectivity index (χ1n) is 4.17. The summed E-state index contributed by atoms with van der Waals surface area (Å²) in [6.45, 7) is 3.68. The zero-order chi connectivity index (χ0) is 9.64. The van der Waals surface area contributed by atoms with Crippen molar-refractivity contribution in [2.75, 3.05) is 5.32 Å². The molecule has 1 aromatic carbocycles. The molecule has 1 aliphatic rings. The van der Waals surface area contributed by atoms with Crippen LogP contribution in [0.4, 0.5) is 5.69 Å². The number of fused-ring (bicyclic) bond motifs is 1. The molecule has 0 aromatic heterocycles. The van der Waals surface area contributed by atoms with Crippen LogP contribution in [0.15, 0.2) is 18.2 Å². The fourth-order valence-corrected chi connectivity index (χ4v) is 1.58. The van der Waals surface area contributed by atoms with E-state index in [9.17, 15) is 9.90 Å². The first kappa shape index (κ1) is 8.10. The normalized spacial score (nSPS) is 18.2. The molecule has 0 fully saturated rings. The third kappa shape index (κ3) is 0.932. The number of rotatable bonds is 0. The number of aromatic hydroxyl groups is 1. The Morgan fingerprint density at radius 1 is 1.38 bits per heavy atom. The highest BCUT2D eigenvalue weighted by atomic mass is 16.3. The van der Waals surface area contributed by atoms with Crippen molar-refractivity contribution in [1.29, 1.82) is 0 Å². The van der Waals surface area contributed by atoms with Gasteiger partial charge in [-0.2, -0.15) is 0 Å². The summed E-state index contributed by atoms with van der Waals surface area (Å²) in [5.41, 5.74) is 0.878. The quantitative estimate of drug-likeness (QED) is 0.591. The monoisotopic (exact) mass is 177 g/mol. The Kier molecular flexibility index (Phi) is 1.40. The standard InChI is InChI=1S/C10H11NO2/c1-10(2)6-4-3-5-7(12)8(6)11-9(10)13/h3-5,12H,1-2H3,(H,11,13). The maximum Gasteiger partial charge on any atom is 0.234 e. The second kappa shape index (κ2) is 2.25. The van der Waals surface area contributed by atoms with Crippen molar-refractivity contribution in [2.45, 2.75) is 19.3 Å². The van der Waals surface area contributed by atoms with E-state index in [1.54, 1.807) is 12.1 Å². The average molecular weight is 177 g/mol. The van der Waals surface area contributed by atoms with Crippen molar-refractivity contribution < 1.29 is 9.90 Å². The molecular weight excluding hydrogens is 166 g/mol. The molecule has 1 amide bonds. The van der Waals surface area contributed by atoms with E-state index in [2.05, 4.69) is 5.32 Å². The van der Waals surface area contributed by atoms with Gasteiger partial charge in [0.25, 0.3) is 0 Å². The number of carbonyl (C=O) groups is 1. The van der Waals surface area contributed by atoms with Gasteiger partial charge in [0.1, 0.15) is 5.75 Å². The number of hydrogen-bond donors (Lipinski definition) is 2. The zero-order valence-electron chi connectivity index (χ0n) is 7.59. The van der Waals surface area contributed by atoms with Crippen LogP contribution in [0.5, 0.6) is 5.75 Å². The molecule has 13 heavy (non-hydrogen) atoms.